The van der Waals surface area contributed by atoms with Gasteiger partial charge in [-0.1, -0.05) is 66.8 Å². The van der Waals surface area contributed by atoms with E-state index < -0.39 is 5.54 Å². The maximum Gasteiger partial charge on any atom is 0.223 e. The summed E-state index contributed by atoms with van der Waals surface area (Å²) in [6.07, 6.45) is 16.3. The molecule has 2 aliphatic rings. The minimum absolute atomic E-state index is 0.0645. The molecule has 0 bridgehead atoms. The van der Waals surface area contributed by atoms with Crippen molar-refractivity contribution in [2.45, 2.75) is 25.4 Å². The molecule has 4 rings (SSSR count). The zero-order valence-corrected chi connectivity index (χ0v) is 17.0. The number of allylic oxidation sites excluding steroid dienone is 6. The molecule has 0 radical (unpaired) electrons. The lowest BCUT2D eigenvalue weighted by Crippen LogP contribution is -2.38. The number of rotatable bonds is 5. The highest BCUT2D eigenvalue weighted by Gasteiger charge is 2.29. The van der Waals surface area contributed by atoms with Crippen LogP contribution in [0, 0.1) is 5.92 Å². The quantitative estimate of drug-likeness (QED) is 0.636. The van der Waals surface area contributed by atoms with Gasteiger partial charge in [0.1, 0.15) is 5.76 Å². The van der Waals surface area contributed by atoms with Crippen molar-refractivity contribution in [1.82, 2.24) is 9.97 Å². The van der Waals surface area contributed by atoms with E-state index in [1.165, 1.54) is 0 Å². The van der Waals surface area contributed by atoms with Crippen LogP contribution < -0.4 is 11.1 Å². The number of hydrogen-bond acceptors (Lipinski definition) is 5. The topological polar surface area (TPSA) is 84.1 Å². The van der Waals surface area contributed by atoms with E-state index in [2.05, 4.69) is 27.4 Å². The minimum atomic E-state index is -0.746. The predicted molar refractivity (Wildman–Crippen MR) is 122 cm³/mol. The van der Waals surface area contributed by atoms with Gasteiger partial charge in [0.2, 0.25) is 5.95 Å². The predicted octanol–water partition coefficient (Wildman–Crippen LogP) is 4.70. The van der Waals surface area contributed by atoms with Crippen molar-refractivity contribution in [2.24, 2.45) is 11.7 Å². The molecule has 0 amide bonds. The Labute approximate surface area is 177 Å². The SMILES string of the molecule is CC1(N)C=CC(c2ccnc(NCc3ccccc3)n2)=C/C1=C(/O)C1C=CC=CC1. The minimum Gasteiger partial charge on any atom is -0.511 e. The summed E-state index contributed by atoms with van der Waals surface area (Å²) in [6.45, 7) is 2.55. The third-order valence-corrected chi connectivity index (χ3v) is 5.34. The van der Waals surface area contributed by atoms with E-state index in [9.17, 15) is 5.11 Å². The second-order valence-corrected chi connectivity index (χ2v) is 7.77. The van der Waals surface area contributed by atoms with E-state index in [1.54, 1.807) is 6.20 Å². The Morgan fingerprint density at radius 1 is 1.23 bits per heavy atom. The maximum absolute atomic E-state index is 11.0. The lowest BCUT2D eigenvalue weighted by Gasteiger charge is -2.29. The number of nitrogens with two attached hydrogens (primary N) is 1. The molecule has 5 heteroatoms. The van der Waals surface area contributed by atoms with E-state index in [0.717, 1.165) is 23.3 Å². The Morgan fingerprint density at radius 3 is 2.83 bits per heavy atom. The van der Waals surface area contributed by atoms with Crippen LogP contribution in [-0.2, 0) is 6.54 Å². The number of hydrogen-bond donors (Lipinski definition) is 3. The summed E-state index contributed by atoms with van der Waals surface area (Å²) in [6, 6.07) is 12.0. The molecule has 5 nitrogen and oxygen atoms in total. The van der Waals surface area contributed by atoms with Crippen molar-refractivity contribution in [3.8, 4) is 0 Å². The van der Waals surface area contributed by atoms with Crippen LogP contribution in [0.3, 0.4) is 0 Å². The van der Waals surface area contributed by atoms with Gasteiger partial charge in [-0.2, -0.15) is 0 Å². The summed E-state index contributed by atoms with van der Waals surface area (Å²) >= 11 is 0. The summed E-state index contributed by atoms with van der Waals surface area (Å²) < 4.78 is 0. The Bertz CT molecular complexity index is 1060. The highest BCUT2D eigenvalue weighted by Crippen LogP contribution is 2.34. The van der Waals surface area contributed by atoms with E-state index in [-0.39, 0.29) is 5.92 Å². The van der Waals surface area contributed by atoms with Gasteiger partial charge < -0.3 is 16.2 Å². The first-order valence-electron chi connectivity index (χ1n) is 10.1. The zero-order valence-electron chi connectivity index (χ0n) is 17.0. The molecule has 152 valence electrons. The highest BCUT2D eigenvalue weighted by atomic mass is 16.3. The number of nitrogens with one attached hydrogen (secondary N) is 1. The van der Waals surface area contributed by atoms with Gasteiger partial charge in [-0.05, 0) is 31.1 Å². The summed E-state index contributed by atoms with van der Waals surface area (Å²) in [5.41, 5.74) is 9.26. The van der Waals surface area contributed by atoms with Gasteiger partial charge in [-0.3, -0.25) is 0 Å². The molecule has 1 aromatic heterocycles. The molecule has 2 aliphatic carbocycles. The van der Waals surface area contributed by atoms with Crippen molar-refractivity contribution in [3.63, 3.8) is 0 Å². The van der Waals surface area contributed by atoms with Crippen LogP contribution in [0.5, 0.6) is 0 Å². The molecule has 2 atom stereocenters. The number of aromatic nitrogens is 2. The molecule has 1 aromatic carbocycles. The maximum atomic E-state index is 11.0. The summed E-state index contributed by atoms with van der Waals surface area (Å²) in [4.78, 5) is 8.98. The van der Waals surface area contributed by atoms with Crippen molar-refractivity contribution in [3.05, 3.63) is 108 Å². The highest BCUT2D eigenvalue weighted by molar-refractivity contribution is 5.78. The van der Waals surface area contributed by atoms with E-state index >= 15 is 0 Å². The lowest BCUT2D eigenvalue weighted by atomic mass is 9.81. The summed E-state index contributed by atoms with van der Waals surface area (Å²) in [5, 5.41) is 14.2. The Balaban J connectivity index is 1.60. The first kappa shape index (κ1) is 19.9. The molecule has 4 N–H and O–H groups in total. The van der Waals surface area contributed by atoms with Gasteiger partial charge in [0, 0.05) is 29.8 Å². The number of aliphatic hydroxyl groups excluding tert-OH is 1. The molecule has 1 heterocycles. The number of nitrogens with zero attached hydrogens (tertiary/aromatic N) is 2. The van der Waals surface area contributed by atoms with Crippen LogP contribution in [-0.4, -0.2) is 20.6 Å². The molecule has 0 saturated heterocycles. The monoisotopic (exact) mass is 398 g/mol. The van der Waals surface area contributed by atoms with Gasteiger partial charge in [-0.25, -0.2) is 9.97 Å². The molecule has 2 unspecified atom stereocenters. The van der Waals surface area contributed by atoms with E-state index in [0.29, 0.717) is 23.8 Å². The number of aliphatic hydroxyl groups is 1. The molecule has 30 heavy (non-hydrogen) atoms. The summed E-state index contributed by atoms with van der Waals surface area (Å²) in [5.74, 6) is 0.797. The Hall–Kier alpha value is -3.44. The van der Waals surface area contributed by atoms with Gasteiger partial charge in [-0.15, -0.1) is 0 Å². The molecular weight excluding hydrogens is 372 g/mol. The second-order valence-electron chi connectivity index (χ2n) is 7.77. The van der Waals surface area contributed by atoms with E-state index in [1.807, 2.05) is 73.7 Å². The third kappa shape index (κ3) is 4.42. The fraction of sp³-hybridized carbons (Fsp3) is 0.200. The average molecular weight is 399 g/mol. The largest absolute Gasteiger partial charge is 0.511 e. The lowest BCUT2D eigenvalue weighted by molar-refractivity contribution is 0.343. The van der Waals surface area contributed by atoms with Crippen molar-refractivity contribution in [1.29, 1.82) is 0 Å². The van der Waals surface area contributed by atoms with E-state index in [4.69, 9.17) is 5.73 Å². The van der Waals surface area contributed by atoms with Gasteiger partial charge in [0.25, 0.3) is 0 Å². The first-order valence-corrected chi connectivity index (χ1v) is 10.1. The van der Waals surface area contributed by atoms with Crippen LogP contribution in [0.4, 0.5) is 5.95 Å². The van der Waals surface area contributed by atoms with Crippen molar-refractivity contribution < 1.29 is 5.11 Å². The standard InChI is InChI=1S/C25H26N4O/c1-25(26)14-12-20(16-21(25)23(30)19-10-6-3-7-11-19)22-13-15-27-24(29-22)28-17-18-8-4-2-5-9-18/h2-10,12-16,19,30H,11,17,26H2,1H3,(H,27,28,29)/b23-21-. The molecule has 0 aliphatic heterocycles. The fourth-order valence-electron chi connectivity index (χ4n) is 3.59. The van der Waals surface area contributed by atoms with Gasteiger partial charge in [0.15, 0.2) is 0 Å². The van der Waals surface area contributed by atoms with Crippen molar-refractivity contribution in [2.75, 3.05) is 5.32 Å². The van der Waals surface area contributed by atoms with Crippen LogP contribution >= 0.6 is 0 Å². The number of anilines is 1. The second kappa shape index (κ2) is 8.51. The van der Waals surface area contributed by atoms with Crippen LogP contribution in [0.2, 0.25) is 0 Å². The van der Waals surface area contributed by atoms with Gasteiger partial charge >= 0.3 is 0 Å². The average Bonchev–Trinajstić information content (AvgIpc) is 2.78. The van der Waals surface area contributed by atoms with Gasteiger partial charge in [0.05, 0.1) is 11.2 Å². The molecule has 0 saturated carbocycles. The molecular formula is C25H26N4O. The Morgan fingerprint density at radius 2 is 2.07 bits per heavy atom. The van der Waals surface area contributed by atoms with Crippen LogP contribution in [0.1, 0.15) is 24.6 Å². The molecule has 0 spiro atoms. The van der Waals surface area contributed by atoms with Crippen molar-refractivity contribution >= 4 is 11.5 Å². The smallest absolute Gasteiger partial charge is 0.223 e. The third-order valence-electron chi connectivity index (χ3n) is 5.34. The number of benzene rings is 1. The first-order chi connectivity index (χ1) is 14.5. The fourth-order valence-corrected chi connectivity index (χ4v) is 3.59. The van der Waals surface area contributed by atoms with Crippen LogP contribution in [0.25, 0.3) is 5.57 Å². The zero-order chi connectivity index (χ0) is 21.0. The molecule has 0 fully saturated rings. The van der Waals surface area contributed by atoms with Crippen LogP contribution in [0.15, 0.2) is 96.5 Å². The Kier molecular flexibility index (Phi) is 5.63. The molecule has 2 aromatic rings. The summed E-state index contributed by atoms with van der Waals surface area (Å²) in [7, 11) is 0. The normalized spacial score (nSPS) is 24.5.